The molecule has 0 radical (unpaired) electrons. The molecule has 0 saturated heterocycles. The Kier molecular flexibility index (Phi) is 7.09. The lowest BCUT2D eigenvalue weighted by Gasteiger charge is -2.13. The fourth-order valence-electron chi connectivity index (χ4n) is 3.10. The van der Waals surface area contributed by atoms with Crippen molar-refractivity contribution in [2.24, 2.45) is 0 Å². The number of carbonyl (C=O) groups is 4. The number of nitrogens with one attached hydrogen (secondary N) is 1. The lowest BCUT2D eigenvalue weighted by atomic mass is 10.0. The number of H-pyrrole nitrogens is 1. The molecule has 0 spiro atoms. The maximum absolute atomic E-state index is 12.6. The van der Waals surface area contributed by atoms with Gasteiger partial charge in [0.1, 0.15) is 5.75 Å². The van der Waals surface area contributed by atoms with Crippen molar-refractivity contribution >= 4 is 23.3 Å². The summed E-state index contributed by atoms with van der Waals surface area (Å²) in [6.45, 7) is 7.70. The Bertz CT molecular complexity index is 939. The van der Waals surface area contributed by atoms with Crippen molar-refractivity contribution in [2.75, 3.05) is 6.61 Å². The highest BCUT2D eigenvalue weighted by molar-refractivity contribution is 6.05. The van der Waals surface area contributed by atoms with Crippen LogP contribution in [0, 0.1) is 13.8 Å². The van der Waals surface area contributed by atoms with Crippen molar-refractivity contribution in [3.8, 4) is 5.75 Å². The van der Waals surface area contributed by atoms with Crippen molar-refractivity contribution < 1.29 is 28.7 Å². The molecule has 0 aliphatic rings. The Morgan fingerprint density at radius 1 is 1.07 bits per heavy atom. The van der Waals surface area contributed by atoms with E-state index in [1.165, 1.54) is 13.8 Å². The first-order valence-electron chi connectivity index (χ1n) is 9.35. The van der Waals surface area contributed by atoms with Gasteiger partial charge in [-0.3, -0.25) is 14.4 Å². The predicted molar refractivity (Wildman–Crippen MR) is 107 cm³/mol. The van der Waals surface area contributed by atoms with Crippen LogP contribution in [-0.2, 0) is 9.53 Å². The minimum atomic E-state index is -1.03. The standard InChI is InChI=1S/C22H25NO6/c1-6-18(25)16-7-9-17(10-8-16)28-11-19(26)29-15(5)22(27)21-12(2)20(14(4)24)13(3)23-21/h7-10,15,23H,6,11H2,1-5H3/t15-/m0/s1. The minimum Gasteiger partial charge on any atom is -0.482 e. The van der Waals surface area contributed by atoms with Gasteiger partial charge in [-0.1, -0.05) is 6.92 Å². The van der Waals surface area contributed by atoms with Crippen molar-refractivity contribution in [3.05, 3.63) is 52.3 Å². The molecule has 7 nitrogen and oxygen atoms in total. The molecule has 1 aromatic heterocycles. The number of esters is 1. The van der Waals surface area contributed by atoms with Crippen LogP contribution in [0.1, 0.15) is 69.7 Å². The Morgan fingerprint density at radius 3 is 2.21 bits per heavy atom. The number of hydrogen-bond acceptors (Lipinski definition) is 6. The molecule has 0 bridgehead atoms. The number of hydrogen-bond donors (Lipinski definition) is 1. The third-order valence-corrected chi connectivity index (χ3v) is 4.57. The summed E-state index contributed by atoms with van der Waals surface area (Å²) in [5.41, 5.74) is 2.44. The van der Waals surface area contributed by atoms with E-state index in [1.807, 2.05) is 0 Å². The van der Waals surface area contributed by atoms with Gasteiger partial charge >= 0.3 is 5.97 Å². The Morgan fingerprint density at radius 2 is 1.69 bits per heavy atom. The number of aromatic amines is 1. The van der Waals surface area contributed by atoms with Crippen LogP contribution in [-0.4, -0.2) is 41.0 Å². The zero-order chi connectivity index (χ0) is 21.7. The third kappa shape index (κ3) is 5.19. The SMILES string of the molecule is CCC(=O)c1ccc(OCC(=O)O[C@@H](C)C(=O)c2[nH]c(C)c(C(C)=O)c2C)cc1. The third-order valence-electron chi connectivity index (χ3n) is 4.57. The molecule has 0 aliphatic heterocycles. The first-order chi connectivity index (χ1) is 13.6. The zero-order valence-electron chi connectivity index (χ0n) is 17.3. The molecule has 2 aromatic rings. The lowest BCUT2D eigenvalue weighted by Crippen LogP contribution is -2.28. The van der Waals surface area contributed by atoms with Crippen LogP contribution >= 0.6 is 0 Å². The van der Waals surface area contributed by atoms with E-state index in [1.54, 1.807) is 45.0 Å². The first-order valence-corrected chi connectivity index (χ1v) is 9.35. The van der Waals surface area contributed by atoms with Crippen LogP contribution in [0.5, 0.6) is 5.75 Å². The number of Topliss-reactive ketones (excluding diaryl/α,β-unsaturated/α-hetero) is 3. The highest BCUT2D eigenvalue weighted by atomic mass is 16.6. The van der Waals surface area contributed by atoms with Gasteiger partial charge < -0.3 is 14.5 Å². The van der Waals surface area contributed by atoms with E-state index in [0.29, 0.717) is 34.6 Å². The second-order valence-corrected chi connectivity index (χ2v) is 6.77. The second kappa shape index (κ2) is 9.32. The summed E-state index contributed by atoms with van der Waals surface area (Å²) >= 11 is 0. The topological polar surface area (TPSA) is 103 Å². The van der Waals surface area contributed by atoms with Crippen molar-refractivity contribution in [3.63, 3.8) is 0 Å². The van der Waals surface area contributed by atoms with Crippen molar-refractivity contribution in [2.45, 2.75) is 47.1 Å². The van der Waals surface area contributed by atoms with Gasteiger partial charge in [-0.25, -0.2) is 4.79 Å². The normalized spacial score (nSPS) is 11.6. The Hall–Kier alpha value is -3.22. The molecular weight excluding hydrogens is 374 g/mol. The lowest BCUT2D eigenvalue weighted by molar-refractivity contribution is -0.148. The van der Waals surface area contributed by atoms with Crippen molar-refractivity contribution in [1.82, 2.24) is 4.98 Å². The number of ketones is 3. The fraction of sp³-hybridized carbons (Fsp3) is 0.364. The van der Waals surface area contributed by atoms with Gasteiger partial charge in [0.25, 0.3) is 0 Å². The molecule has 1 heterocycles. The molecule has 0 amide bonds. The maximum Gasteiger partial charge on any atom is 0.344 e. The van der Waals surface area contributed by atoms with E-state index in [9.17, 15) is 19.2 Å². The summed E-state index contributed by atoms with van der Waals surface area (Å²) in [5.74, 6) is -0.831. The van der Waals surface area contributed by atoms with Gasteiger partial charge in [0, 0.05) is 23.2 Å². The van der Waals surface area contributed by atoms with E-state index in [4.69, 9.17) is 9.47 Å². The number of aryl methyl sites for hydroxylation is 1. The molecule has 7 heteroatoms. The zero-order valence-corrected chi connectivity index (χ0v) is 17.3. The smallest absolute Gasteiger partial charge is 0.344 e. The molecule has 154 valence electrons. The predicted octanol–water partition coefficient (Wildman–Crippen LogP) is 3.62. The molecule has 0 fully saturated rings. The average molecular weight is 399 g/mol. The number of ether oxygens (including phenoxy) is 2. The van der Waals surface area contributed by atoms with Crippen LogP contribution in [0.4, 0.5) is 0 Å². The minimum absolute atomic E-state index is 0.0195. The molecule has 2 rings (SSSR count). The van der Waals surface area contributed by atoms with Crippen LogP contribution in [0.15, 0.2) is 24.3 Å². The number of aromatic nitrogens is 1. The molecule has 29 heavy (non-hydrogen) atoms. The van der Waals surface area contributed by atoms with Crippen LogP contribution in [0.3, 0.4) is 0 Å². The molecule has 1 atom stereocenters. The van der Waals surface area contributed by atoms with Gasteiger partial charge in [0.15, 0.2) is 24.3 Å². The monoisotopic (exact) mass is 399 g/mol. The number of rotatable bonds is 9. The summed E-state index contributed by atoms with van der Waals surface area (Å²) in [5, 5.41) is 0. The summed E-state index contributed by atoms with van der Waals surface area (Å²) in [4.78, 5) is 50.9. The van der Waals surface area contributed by atoms with E-state index in [-0.39, 0.29) is 23.9 Å². The molecular formula is C22H25NO6. The van der Waals surface area contributed by atoms with Gasteiger partial charge in [-0.05, 0) is 57.5 Å². The van der Waals surface area contributed by atoms with E-state index >= 15 is 0 Å². The maximum atomic E-state index is 12.6. The largest absolute Gasteiger partial charge is 0.482 e. The van der Waals surface area contributed by atoms with Gasteiger partial charge in [0.2, 0.25) is 5.78 Å². The summed E-state index contributed by atoms with van der Waals surface area (Å²) in [6, 6.07) is 6.45. The molecule has 0 unspecified atom stereocenters. The molecule has 0 saturated carbocycles. The fourth-order valence-corrected chi connectivity index (χ4v) is 3.10. The van der Waals surface area contributed by atoms with Gasteiger partial charge in [-0.2, -0.15) is 0 Å². The quantitative estimate of drug-likeness (QED) is 0.510. The number of benzene rings is 1. The Labute approximate surface area is 169 Å². The highest BCUT2D eigenvalue weighted by Gasteiger charge is 2.26. The van der Waals surface area contributed by atoms with Crippen LogP contribution < -0.4 is 4.74 Å². The van der Waals surface area contributed by atoms with E-state index in [2.05, 4.69) is 4.98 Å². The number of carbonyl (C=O) groups excluding carboxylic acids is 4. The van der Waals surface area contributed by atoms with Gasteiger partial charge in [0.05, 0.1) is 5.69 Å². The van der Waals surface area contributed by atoms with E-state index in [0.717, 1.165) is 0 Å². The average Bonchev–Trinajstić information content (AvgIpc) is 2.99. The Balaban J connectivity index is 1.95. The molecule has 1 N–H and O–H groups in total. The summed E-state index contributed by atoms with van der Waals surface area (Å²) in [7, 11) is 0. The van der Waals surface area contributed by atoms with Crippen LogP contribution in [0.25, 0.3) is 0 Å². The first kappa shape index (κ1) is 22.1. The van der Waals surface area contributed by atoms with Gasteiger partial charge in [-0.15, -0.1) is 0 Å². The summed E-state index contributed by atoms with van der Waals surface area (Å²) < 4.78 is 10.5. The van der Waals surface area contributed by atoms with Crippen LogP contribution in [0.2, 0.25) is 0 Å². The van der Waals surface area contributed by atoms with E-state index < -0.39 is 17.9 Å². The molecule has 1 aromatic carbocycles. The second-order valence-electron chi connectivity index (χ2n) is 6.77. The van der Waals surface area contributed by atoms with Crippen molar-refractivity contribution in [1.29, 1.82) is 0 Å². The highest BCUT2D eigenvalue weighted by Crippen LogP contribution is 2.20. The summed E-state index contributed by atoms with van der Waals surface area (Å²) in [6.07, 6.45) is -0.626. The molecule has 0 aliphatic carbocycles.